The van der Waals surface area contributed by atoms with Gasteiger partial charge in [-0.3, -0.25) is 4.99 Å². The first-order valence-corrected chi connectivity index (χ1v) is 7.98. The van der Waals surface area contributed by atoms with Crippen molar-refractivity contribution in [3.63, 3.8) is 0 Å². The predicted molar refractivity (Wildman–Crippen MR) is 107 cm³/mol. The van der Waals surface area contributed by atoms with E-state index >= 15 is 0 Å². The molecule has 6 heteroatoms. The van der Waals surface area contributed by atoms with Crippen molar-refractivity contribution in [3.8, 4) is 5.75 Å². The van der Waals surface area contributed by atoms with Gasteiger partial charge in [-0.1, -0.05) is 32.0 Å². The van der Waals surface area contributed by atoms with Gasteiger partial charge in [0.15, 0.2) is 5.96 Å². The Morgan fingerprint density at radius 1 is 1.26 bits per heavy atom. The van der Waals surface area contributed by atoms with Crippen molar-refractivity contribution < 1.29 is 9.47 Å². The molecule has 0 amide bonds. The zero-order valence-corrected chi connectivity index (χ0v) is 16.7. The van der Waals surface area contributed by atoms with Gasteiger partial charge in [0.05, 0.1) is 6.54 Å². The number of rotatable bonds is 10. The molecule has 1 aromatic carbocycles. The molecule has 132 valence electrons. The van der Waals surface area contributed by atoms with Crippen LogP contribution in [0.5, 0.6) is 5.75 Å². The molecule has 0 bridgehead atoms. The van der Waals surface area contributed by atoms with Crippen molar-refractivity contribution in [1.82, 2.24) is 5.32 Å². The third-order valence-electron chi connectivity index (χ3n) is 3.14. The maximum Gasteiger partial charge on any atom is 0.188 e. The number of nitrogens with one attached hydrogen (secondary N) is 1. The van der Waals surface area contributed by atoms with E-state index in [0.717, 1.165) is 25.4 Å². The summed E-state index contributed by atoms with van der Waals surface area (Å²) < 4.78 is 11.1. The average molecular weight is 435 g/mol. The number of hydrogen-bond donors (Lipinski definition) is 2. The number of halogens is 1. The second-order valence-corrected chi connectivity index (χ2v) is 5.29. The summed E-state index contributed by atoms with van der Waals surface area (Å²) in [7, 11) is 0. The number of benzene rings is 1. The summed E-state index contributed by atoms with van der Waals surface area (Å²) in [6.07, 6.45) is 0.883. The lowest BCUT2D eigenvalue weighted by Crippen LogP contribution is -2.35. The molecular weight excluding hydrogens is 405 g/mol. The van der Waals surface area contributed by atoms with Crippen LogP contribution in [0, 0.1) is 0 Å². The first kappa shape index (κ1) is 22.0. The first-order valence-electron chi connectivity index (χ1n) is 7.98. The Balaban J connectivity index is 0.00000484. The summed E-state index contributed by atoms with van der Waals surface area (Å²) in [6.45, 7) is 9.63. The maximum atomic E-state index is 5.81. The van der Waals surface area contributed by atoms with Crippen molar-refractivity contribution >= 4 is 29.9 Å². The van der Waals surface area contributed by atoms with Gasteiger partial charge < -0.3 is 20.5 Å². The molecule has 1 aromatic rings. The molecule has 0 radical (unpaired) electrons. The average Bonchev–Trinajstić information content (AvgIpc) is 2.51. The highest BCUT2D eigenvalue weighted by Crippen LogP contribution is 2.25. The van der Waals surface area contributed by atoms with E-state index in [4.69, 9.17) is 15.2 Å². The summed E-state index contributed by atoms with van der Waals surface area (Å²) in [5.41, 5.74) is 7.01. The van der Waals surface area contributed by atoms with Gasteiger partial charge in [0.2, 0.25) is 0 Å². The topological polar surface area (TPSA) is 68.9 Å². The largest absolute Gasteiger partial charge is 0.491 e. The smallest absolute Gasteiger partial charge is 0.188 e. The minimum atomic E-state index is 0. The second kappa shape index (κ2) is 13.4. The van der Waals surface area contributed by atoms with Gasteiger partial charge in [-0.15, -0.1) is 24.0 Å². The lowest BCUT2D eigenvalue weighted by Gasteiger charge is -2.14. The molecule has 0 atom stereocenters. The number of aliphatic imine (C=N–C) groups is 1. The number of hydrogen-bond acceptors (Lipinski definition) is 3. The Morgan fingerprint density at radius 2 is 2.00 bits per heavy atom. The number of para-hydroxylation sites is 1. The molecule has 0 saturated carbocycles. The van der Waals surface area contributed by atoms with Crippen LogP contribution in [0.25, 0.3) is 0 Å². The number of nitrogens with two attached hydrogens (primary N) is 1. The van der Waals surface area contributed by atoms with Gasteiger partial charge in [-0.05, 0) is 30.9 Å². The highest BCUT2D eigenvalue weighted by atomic mass is 127. The summed E-state index contributed by atoms with van der Waals surface area (Å²) in [6, 6.07) is 8.12. The summed E-state index contributed by atoms with van der Waals surface area (Å²) in [4.78, 5) is 4.23. The molecule has 0 saturated heterocycles. The monoisotopic (exact) mass is 435 g/mol. The highest BCUT2D eigenvalue weighted by Gasteiger charge is 2.06. The minimum Gasteiger partial charge on any atom is -0.491 e. The van der Waals surface area contributed by atoms with Gasteiger partial charge in [-0.25, -0.2) is 0 Å². The molecule has 0 aliphatic heterocycles. The SMILES string of the molecule is CCOCCCN=C(N)NCCOc1ccccc1C(C)C.I. The second-order valence-electron chi connectivity index (χ2n) is 5.29. The third kappa shape index (κ3) is 9.65. The molecule has 0 unspecified atom stereocenters. The zero-order valence-electron chi connectivity index (χ0n) is 14.4. The van der Waals surface area contributed by atoms with E-state index in [-0.39, 0.29) is 24.0 Å². The van der Waals surface area contributed by atoms with Gasteiger partial charge >= 0.3 is 0 Å². The molecule has 0 aliphatic rings. The molecular formula is C17H30IN3O2. The van der Waals surface area contributed by atoms with Gasteiger partial charge in [0.1, 0.15) is 12.4 Å². The van der Waals surface area contributed by atoms with E-state index < -0.39 is 0 Å². The first-order chi connectivity index (χ1) is 10.6. The van der Waals surface area contributed by atoms with E-state index in [1.165, 1.54) is 5.56 Å². The van der Waals surface area contributed by atoms with Crippen LogP contribution in [-0.4, -0.2) is 38.9 Å². The Kier molecular flexibility index (Phi) is 12.8. The van der Waals surface area contributed by atoms with Crippen molar-refractivity contribution in [1.29, 1.82) is 0 Å². The molecule has 0 aromatic heterocycles. The Labute approximate surface area is 157 Å². The van der Waals surface area contributed by atoms with E-state index in [2.05, 4.69) is 30.2 Å². The van der Waals surface area contributed by atoms with E-state index in [9.17, 15) is 0 Å². The van der Waals surface area contributed by atoms with E-state index in [0.29, 0.717) is 31.6 Å². The summed E-state index contributed by atoms with van der Waals surface area (Å²) >= 11 is 0. The standard InChI is InChI=1S/C17H29N3O2.HI/c1-4-21-12-7-10-19-17(18)20-11-13-22-16-9-6-5-8-15(16)14(2)3;/h5-6,8-9,14H,4,7,10-13H2,1-3H3,(H3,18,19,20);1H. The fourth-order valence-corrected chi connectivity index (χ4v) is 2.00. The lowest BCUT2D eigenvalue weighted by atomic mass is 10.0. The molecule has 0 aliphatic carbocycles. The predicted octanol–water partition coefficient (Wildman–Crippen LogP) is 3.14. The van der Waals surface area contributed by atoms with Crippen LogP contribution >= 0.6 is 24.0 Å². The Morgan fingerprint density at radius 3 is 2.70 bits per heavy atom. The van der Waals surface area contributed by atoms with Crippen molar-refractivity contribution in [3.05, 3.63) is 29.8 Å². The van der Waals surface area contributed by atoms with Crippen LogP contribution in [0.1, 0.15) is 38.7 Å². The third-order valence-corrected chi connectivity index (χ3v) is 3.14. The Bertz CT molecular complexity index is 453. The van der Waals surface area contributed by atoms with Gasteiger partial charge in [0.25, 0.3) is 0 Å². The van der Waals surface area contributed by atoms with Crippen molar-refractivity contribution in [2.75, 3.05) is 32.9 Å². The molecule has 1 rings (SSSR count). The van der Waals surface area contributed by atoms with Crippen molar-refractivity contribution in [2.45, 2.75) is 33.1 Å². The van der Waals surface area contributed by atoms with Crippen LogP contribution in [0.15, 0.2) is 29.3 Å². The van der Waals surface area contributed by atoms with Gasteiger partial charge in [0, 0.05) is 19.8 Å². The summed E-state index contributed by atoms with van der Waals surface area (Å²) in [5, 5.41) is 3.05. The fourth-order valence-electron chi connectivity index (χ4n) is 2.00. The van der Waals surface area contributed by atoms with Crippen LogP contribution in [0.3, 0.4) is 0 Å². The number of guanidine groups is 1. The van der Waals surface area contributed by atoms with Crippen LogP contribution in [0.4, 0.5) is 0 Å². The van der Waals surface area contributed by atoms with Crippen LogP contribution < -0.4 is 15.8 Å². The highest BCUT2D eigenvalue weighted by molar-refractivity contribution is 14.0. The molecule has 0 heterocycles. The molecule has 23 heavy (non-hydrogen) atoms. The molecule has 5 nitrogen and oxygen atoms in total. The van der Waals surface area contributed by atoms with Crippen LogP contribution in [0.2, 0.25) is 0 Å². The summed E-state index contributed by atoms with van der Waals surface area (Å²) in [5.74, 6) is 1.84. The number of nitrogens with zero attached hydrogens (tertiary/aromatic N) is 1. The van der Waals surface area contributed by atoms with Crippen molar-refractivity contribution in [2.24, 2.45) is 10.7 Å². The van der Waals surface area contributed by atoms with E-state index in [1.807, 2.05) is 25.1 Å². The van der Waals surface area contributed by atoms with Crippen LogP contribution in [-0.2, 0) is 4.74 Å². The van der Waals surface area contributed by atoms with E-state index in [1.54, 1.807) is 0 Å². The number of ether oxygens (including phenoxy) is 2. The normalized spacial score (nSPS) is 11.2. The maximum absolute atomic E-state index is 5.81. The molecule has 0 spiro atoms. The minimum absolute atomic E-state index is 0. The lowest BCUT2D eigenvalue weighted by molar-refractivity contribution is 0.146. The quantitative estimate of drug-likeness (QED) is 0.257. The molecule has 0 fully saturated rings. The van der Waals surface area contributed by atoms with Gasteiger partial charge in [-0.2, -0.15) is 0 Å². The zero-order chi connectivity index (χ0) is 16.2. The Hall–Kier alpha value is -1.02. The fraction of sp³-hybridized carbons (Fsp3) is 0.588. The molecule has 3 N–H and O–H groups in total.